The maximum Gasteiger partial charge on any atom is 0.338 e. The second-order valence-corrected chi connectivity index (χ2v) is 11.2. The number of nitro benzene ring substituents is 1. The molecule has 0 unspecified atom stereocenters. The lowest BCUT2D eigenvalue weighted by Crippen LogP contribution is -2.31. The summed E-state index contributed by atoms with van der Waals surface area (Å²) in [6.45, 7) is 6.85. The lowest BCUT2D eigenvalue weighted by atomic mass is 10.2. The van der Waals surface area contributed by atoms with Gasteiger partial charge in [0.1, 0.15) is 12.7 Å². The Balaban J connectivity index is 1.85. The van der Waals surface area contributed by atoms with E-state index in [-0.39, 0.29) is 24.1 Å². The highest BCUT2D eigenvalue weighted by Crippen LogP contribution is 2.31. The van der Waals surface area contributed by atoms with Gasteiger partial charge in [-0.1, -0.05) is 19.6 Å². The van der Waals surface area contributed by atoms with Crippen LogP contribution >= 0.6 is 0 Å². The van der Waals surface area contributed by atoms with Crippen LogP contribution in [0.4, 0.5) is 5.69 Å². The lowest BCUT2D eigenvalue weighted by Gasteiger charge is -2.11. The van der Waals surface area contributed by atoms with E-state index in [1.165, 1.54) is 24.3 Å². The van der Waals surface area contributed by atoms with E-state index in [0.29, 0.717) is 5.56 Å². The third-order valence-electron chi connectivity index (χ3n) is 3.13. The Kier molecular flexibility index (Phi) is 3.91. The highest BCUT2D eigenvalue weighted by atomic mass is 28.3. The van der Waals surface area contributed by atoms with Crippen molar-refractivity contribution < 1.29 is 19.2 Å². The Morgan fingerprint density at radius 1 is 1.35 bits per heavy atom. The molecule has 1 aromatic carbocycles. The first kappa shape index (κ1) is 14.7. The second-order valence-electron chi connectivity index (χ2n) is 5.86. The molecule has 0 amide bonds. The van der Waals surface area contributed by atoms with Crippen LogP contribution in [-0.4, -0.2) is 37.4 Å². The molecule has 0 aromatic heterocycles. The van der Waals surface area contributed by atoms with Gasteiger partial charge < -0.3 is 9.47 Å². The topological polar surface area (TPSA) is 82.0 Å². The van der Waals surface area contributed by atoms with Crippen molar-refractivity contribution >= 4 is 19.7 Å². The molecule has 1 aliphatic rings. The van der Waals surface area contributed by atoms with Crippen LogP contribution in [0.25, 0.3) is 0 Å². The zero-order chi connectivity index (χ0) is 14.9. The maximum absolute atomic E-state index is 11.8. The summed E-state index contributed by atoms with van der Waals surface area (Å²) >= 11 is 0. The summed E-state index contributed by atoms with van der Waals surface area (Å²) in [5.41, 5.74) is 0.499. The molecule has 1 aliphatic heterocycles. The maximum atomic E-state index is 11.8. The molecule has 1 aromatic rings. The Bertz CT molecular complexity index is 523. The van der Waals surface area contributed by atoms with Crippen molar-refractivity contribution in [2.45, 2.75) is 31.5 Å². The fraction of sp³-hybridized carbons (Fsp3) is 0.462. The predicted molar refractivity (Wildman–Crippen MR) is 75.4 cm³/mol. The Labute approximate surface area is 117 Å². The third-order valence-corrected chi connectivity index (χ3v) is 5.34. The number of hydrogen-bond acceptors (Lipinski definition) is 5. The number of hydrogen-bond donors (Lipinski definition) is 0. The standard InChI is InChI=1S/C13H17NO5Si/c1-20(2,3)13-11(19-13)8-18-12(15)9-4-6-10(7-5-9)14(16)17/h4-7,11,13H,8H2,1-3H3/t11-,13+/m1/s1. The summed E-state index contributed by atoms with van der Waals surface area (Å²) in [7, 11) is -1.35. The molecule has 2 atom stereocenters. The van der Waals surface area contributed by atoms with E-state index in [1.807, 2.05) is 0 Å². The van der Waals surface area contributed by atoms with Gasteiger partial charge in [-0.3, -0.25) is 10.1 Å². The number of esters is 1. The zero-order valence-electron chi connectivity index (χ0n) is 11.7. The highest BCUT2D eigenvalue weighted by molar-refractivity contribution is 6.78. The van der Waals surface area contributed by atoms with E-state index < -0.39 is 19.0 Å². The van der Waals surface area contributed by atoms with Crippen molar-refractivity contribution in [3.05, 3.63) is 39.9 Å². The minimum absolute atomic E-state index is 0.00339. The number of non-ortho nitro benzene ring substituents is 1. The van der Waals surface area contributed by atoms with Gasteiger partial charge in [-0.2, -0.15) is 0 Å². The molecule has 0 aliphatic carbocycles. The number of ether oxygens (including phenoxy) is 2. The van der Waals surface area contributed by atoms with Crippen molar-refractivity contribution in [2.24, 2.45) is 0 Å². The number of carbonyl (C=O) groups is 1. The van der Waals surface area contributed by atoms with Gasteiger partial charge in [-0.15, -0.1) is 0 Å². The summed E-state index contributed by atoms with van der Waals surface area (Å²) in [5.74, 6) is -0.482. The van der Waals surface area contributed by atoms with E-state index >= 15 is 0 Å². The van der Waals surface area contributed by atoms with Crippen LogP contribution in [0.15, 0.2) is 24.3 Å². The van der Waals surface area contributed by atoms with Crippen LogP contribution in [0.2, 0.25) is 19.6 Å². The number of benzene rings is 1. The van der Waals surface area contributed by atoms with Crippen LogP contribution in [-0.2, 0) is 9.47 Å². The molecule has 0 N–H and O–H groups in total. The minimum Gasteiger partial charge on any atom is -0.459 e. The van der Waals surface area contributed by atoms with Crippen molar-refractivity contribution in [1.82, 2.24) is 0 Å². The average molecular weight is 295 g/mol. The van der Waals surface area contributed by atoms with E-state index in [1.54, 1.807) is 0 Å². The molecule has 6 nitrogen and oxygen atoms in total. The van der Waals surface area contributed by atoms with E-state index in [9.17, 15) is 14.9 Å². The number of nitro groups is 1. The monoisotopic (exact) mass is 295 g/mol. The van der Waals surface area contributed by atoms with Crippen LogP contribution in [0.5, 0.6) is 0 Å². The fourth-order valence-electron chi connectivity index (χ4n) is 1.99. The van der Waals surface area contributed by atoms with Crippen molar-refractivity contribution in [1.29, 1.82) is 0 Å². The average Bonchev–Trinajstić information content (AvgIpc) is 3.15. The predicted octanol–water partition coefficient (Wildman–Crippen LogP) is 2.40. The highest BCUT2D eigenvalue weighted by Gasteiger charge is 2.48. The summed E-state index contributed by atoms with van der Waals surface area (Å²) in [6.07, 6.45) is 0.00339. The molecule has 1 fully saturated rings. The summed E-state index contributed by atoms with van der Waals surface area (Å²) in [5, 5.41) is 10.5. The Hall–Kier alpha value is -1.73. The minimum atomic E-state index is -1.35. The summed E-state index contributed by atoms with van der Waals surface area (Å²) in [4.78, 5) is 21.8. The number of rotatable bonds is 5. The quantitative estimate of drug-likeness (QED) is 0.274. The molecule has 1 saturated heterocycles. The summed E-state index contributed by atoms with van der Waals surface area (Å²) < 4.78 is 10.7. The fourth-order valence-corrected chi connectivity index (χ4v) is 3.79. The molecular weight excluding hydrogens is 278 g/mol. The normalized spacial score (nSPS) is 21.4. The van der Waals surface area contributed by atoms with Gasteiger partial charge in [0.25, 0.3) is 5.69 Å². The second kappa shape index (κ2) is 5.33. The van der Waals surface area contributed by atoms with Crippen molar-refractivity contribution in [3.63, 3.8) is 0 Å². The molecular formula is C13H17NO5Si. The zero-order valence-corrected chi connectivity index (χ0v) is 12.7. The van der Waals surface area contributed by atoms with E-state index in [4.69, 9.17) is 9.47 Å². The van der Waals surface area contributed by atoms with Crippen molar-refractivity contribution in [3.8, 4) is 0 Å². The molecule has 0 spiro atoms. The van der Waals surface area contributed by atoms with Crippen LogP contribution < -0.4 is 0 Å². The van der Waals surface area contributed by atoms with Gasteiger partial charge in [0.05, 0.1) is 24.3 Å². The van der Waals surface area contributed by atoms with Gasteiger partial charge in [0.15, 0.2) is 0 Å². The Morgan fingerprint density at radius 2 is 1.95 bits per heavy atom. The Morgan fingerprint density at radius 3 is 2.40 bits per heavy atom. The molecule has 0 radical (unpaired) electrons. The first-order chi connectivity index (χ1) is 9.29. The summed E-state index contributed by atoms with van der Waals surface area (Å²) in [6, 6.07) is 5.36. The van der Waals surface area contributed by atoms with Gasteiger partial charge in [0, 0.05) is 12.1 Å². The van der Waals surface area contributed by atoms with Gasteiger partial charge in [-0.05, 0) is 12.1 Å². The van der Waals surface area contributed by atoms with Gasteiger partial charge in [0.2, 0.25) is 0 Å². The van der Waals surface area contributed by atoms with Crippen molar-refractivity contribution in [2.75, 3.05) is 6.61 Å². The lowest BCUT2D eigenvalue weighted by molar-refractivity contribution is -0.384. The molecule has 7 heteroatoms. The number of epoxide rings is 1. The number of carbonyl (C=O) groups excluding carboxylic acids is 1. The SMILES string of the molecule is C[Si](C)(C)[C@@H]1O[C@@H]1COC(=O)c1ccc([N+](=O)[O-])cc1. The molecule has 20 heavy (non-hydrogen) atoms. The van der Waals surface area contributed by atoms with E-state index in [2.05, 4.69) is 19.6 Å². The number of nitrogens with zero attached hydrogens (tertiary/aromatic N) is 1. The van der Waals surface area contributed by atoms with Crippen LogP contribution in [0, 0.1) is 10.1 Å². The van der Waals surface area contributed by atoms with Crippen LogP contribution in [0.3, 0.4) is 0 Å². The van der Waals surface area contributed by atoms with E-state index in [0.717, 1.165) is 0 Å². The molecule has 108 valence electrons. The van der Waals surface area contributed by atoms with Crippen LogP contribution in [0.1, 0.15) is 10.4 Å². The molecule has 2 rings (SSSR count). The molecule has 1 heterocycles. The third kappa shape index (κ3) is 3.43. The van der Waals surface area contributed by atoms with Gasteiger partial charge in [-0.25, -0.2) is 4.79 Å². The first-order valence-corrected chi connectivity index (χ1v) is 9.94. The first-order valence-electron chi connectivity index (χ1n) is 6.36. The molecule has 0 saturated carbocycles. The van der Waals surface area contributed by atoms with Gasteiger partial charge >= 0.3 is 5.97 Å². The largest absolute Gasteiger partial charge is 0.459 e. The smallest absolute Gasteiger partial charge is 0.338 e. The molecule has 0 bridgehead atoms.